The maximum absolute atomic E-state index is 4.42. The van der Waals surface area contributed by atoms with E-state index in [9.17, 15) is 0 Å². The van der Waals surface area contributed by atoms with Crippen LogP contribution in [0.4, 0.5) is 0 Å². The molecule has 2 aromatic heterocycles. The van der Waals surface area contributed by atoms with Gasteiger partial charge in [-0.2, -0.15) is 0 Å². The predicted octanol–water partition coefficient (Wildman–Crippen LogP) is 3.14. The van der Waals surface area contributed by atoms with E-state index in [0.29, 0.717) is 0 Å². The van der Waals surface area contributed by atoms with Crippen LogP contribution in [0.5, 0.6) is 0 Å². The van der Waals surface area contributed by atoms with Crippen LogP contribution in [0.2, 0.25) is 0 Å². The number of hydrogen-bond acceptors (Lipinski definition) is 1. The first kappa shape index (κ1) is 9.25. The summed E-state index contributed by atoms with van der Waals surface area (Å²) in [5.41, 5.74) is 2.44. The molecule has 2 aromatic rings. The Morgan fingerprint density at radius 2 is 2.29 bits per heavy atom. The van der Waals surface area contributed by atoms with Crippen molar-refractivity contribution >= 4 is 11.0 Å². The minimum atomic E-state index is 1.09. The molecule has 0 atom stereocenters. The maximum atomic E-state index is 4.42. The molecule has 0 aliphatic heterocycles. The zero-order valence-corrected chi connectivity index (χ0v) is 8.83. The van der Waals surface area contributed by atoms with Crippen LogP contribution < -0.4 is 0 Å². The van der Waals surface area contributed by atoms with Crippen LogP contribution in [-0.2, 0) is 6.54 Å². The monoisotopic (exact) mass is 188 g/mol. The van der Waals surface area contributed by atoms with E-state index in [4.69, 9.17) is 0 Å². The number of unbranched alkanes of at least 4 members (excludes halogenated alkanes) is 1. The van der Waals surface area contributed by atoms with E-state index in [1.807, 2.05) is 12.3 Å². The van der Waals surface area contributed by atoms with Gasteiger partial charge in [-0.3, -0.25) is 0 Å². The number of nitrogens with zero attached hydrogens (tertiary/aromatic N) is 2. The summed E-state index contributed by atoms with van der Waals surface area (Å²) in [6.45, 7) is 5.45. The number of pyridine rings is 1. The van der Waals surface area contributed by atoms with Gasteiger partial charge >= 0.3 is 0 Å². The van der Waals surface area contributed by atoms with Gasteiger partial charge in [0.25, 0.3) is 0 Å². The van der Waals surface area contributed by atoms with Crippen molar-refractivity contribution in [3.8, 4) is 0 Å². The van der Waals surface area contributed by atoms with Gasteiger partial charge in [-0.05, 0) is 31.5 Å². The third-order valence-electron chi connectivity index (χ3n) is 2.60. The largest absolute Gasteiger partial charge is 0.330 e. The van der Waals surface area contributed by atoms with E-state index < -0.39 is 0 Å². The van der Waals surface area contributed by atoms with Gasteiger partial charge in [0, 0.05) is 23.8 Å². The molecule has 2 rings (SSSR count). The van der Waals surface area contributed by atoms with Crippen molar-refractivity contribution in [3.05, 3.63) is 30.1 Å². The average Bonchev–Trinajstić information content (AvgIpc) is 2.51. The second-order valence-corrected chi connectivity index (χ2v) is 3.71. The maximum Gasteiger partial charge on any atom is 0.140 e. The van der Waals surface area contributed by atoms with Crippen LogP contribution in [0, 0.1) is 6.92 Å². The summed E-state index contributed by atoms with van der Waals surface area (Å²) < 4.78 is 2.30. The third-order valence-corrected chi connectivity index (χ3v) is 2.60. The summed E-state index contributed by atoms with van der Waals surface area (Å²) >= 11 is 0. The molecular weight excluding hydrogens is 172 g/mol. The highest BCUT2D eigenvalue weighted by atomic mass is 15.0. The van der Waals surface area contributed by atoms with Gasteiger partial charge in [-0.15, -0.1) is 0 Å². The number of aryl methyl sites for hydroxylation is 2. The van der Waals surface area contributed by atoms with Crippen molar-refractivity contribution in [3.63, 3.8) is 0 Å². The molecule has 0 aliphatic carbocycles. The van der Waals surface area contributed by atoms with Crippen molar-refractivity contribution < 1.29 is 0 Å². The van der Waals surface area contributed by atoms with Gasteiger partial charge in [0.1, 0.15) is 5.65 Å². The molecule has 0 aromatic carbocycles. The molecule has 2 heteroatoms. The molecular formula is C12H16N2. The van der Waals surface area contributed by atoms with Gasteiger partial charge in [-0.25, -0.2) is 4.98 Å². The molecule has 74 valence electrons. The number of aromatic nitrogens is 2. The molecule has 0 N–H and O–H groups in total. The molecule has 2 heterocycles. The lowest BCUT2D eigenvalue weighted by Gasteiger charge is -2.05. The van der Waals surface area contributed by atoms with E-state index in [0.717, 1.165) is 12.2 Å². The Hall–Kier alpha value is -1.31. The lowest BCUT2D eigenvalue weighted by molar-refractivity contribution is 0.633. The molecule has 0 saturated heterocycles. The third kappa shape index (κ3) is 1.52. The van der Waals surface area contributed by atoms with Gasteiger partial charge in [0.05, 0.1) is 0 Å². The molecule has 0 saturated carbocycles. The van der Waals surface area contributed by atoms with Crippen molar-refractivity contribution in [1.82, 2.24) is 9.55 Å². The molecule has 0 aliphatic rings. The van der Waals surface area contributed by atoms with Crippen LogP contribution in [0.1, 0.15) is 25.5 Å². The zero-order chi connectivity index (χ0) is 9.97. The number of hydrogen-bond donors (Lipinski definition) is 0. The molecule has 0 radical (unpaired) electrons. The minimum absolute atomic E-state index is 1.09. The lowest BCUT2D eigenvalue weighted by atomic mass is 10.3. The summed E-state index contributed by atoms with van der Waals surface area (Å²) in [7, 11) is 0. The van der Waals surface area contributed by atoms with Crippen LogP contribution in [-0.4, -0.2) is 9.55 Å². The summed E-state index contributed by atoms with van der Waals surface area (Å²) in [6.07, 6.45) is 4.32. The van der Waals surface area contributed by atoms with Gasteiger partial charge in [0.2, 0.25) is 0 Å². The Labute approximate surface area is 84.6 Å². The Bertz CT molecular complexity index is 429. The summed E-state index contributed by atoms with van der Waals surface area (Å²) in [4.78, 5) is 4.42. The normalized spacial score (nSPS) is 11.0. The molecule has 0 amide bonds. The molecule has 0 unspecified atom stereocenters. The Balaban J connectivity index is 2.45. The van der Waals surface area contributed by atoms with Crippen LogP contribution in [0.15, 0.2) is 24.4 Å². The number of fused-ring (bicyclic) bond motifs is 1. The van der Waals surface area contributed by atoms with Gasteiger partial charge < -0.3 is 4.57 Å². The Kier molecular flexibility index (Phi) is 2.53. The standard InChI is InChI=1S/C12H16N2/c1-3-4-8-14-10(2)9-11-6-5-7-13-12(11)14/h5-7,9H,3-4,8H2,1-2H3. The Morgan fingerprint density at radius 1 is 1.43 bits per heavy atom. The second kappa shape index (κ2) is 3.82. The first-order valence-corrected chi connectivity index (χ1v) is 5.24. The SMILES string of the molecule is CCCCn1c(C)cc2cccnc21. The zero-order valence-electron chi connectivity index (χ0n) is 8.83. The van der Waals surface area contributed by atoms with Crippen molar-refractivity contribution in [2.45, 2.75) is 33.2 Å². The van der Waals surface area contributed by atoms with Gasteiger partial charge in [0.15, 0.2) is 0 Å². The highest BCUT2D eigenvalue weighted by Crippen LogP contribution is 2.17. The molecule has 0 bridgehead atoms. The van der Waals surface area contributed by atoms with Crippen molar-refractivity contribution in [2.24, 2.45) is 0 Å². The molecule has 0 fully saturated rings. The minimum Gasteiger partial charge on any atom is -0.330 e. The van der Waals surface area contributed by atoms with Crippen LogP contribution in [0.25, 0.3) is 11.0 Å². The second-order valence-electron chi connectivity index (χ2n) is 3.71. The molecule has 14 heavy (non-hydrogen) atoms. The van der Waals surface area contributed by atoms with E-state index >= 15 is 0 Å². The fourth-order valence-corrected chi connectivity index (χ4v) is 1.82. The first-order valence-electron chi connectivity index (χ1n) is 5.24. The molecule has 0 spiro atoms. The summed E-state index contributed by atoms with van der Waals surface area (Å²) in [5.74, 6) is 0. The highest BCUT2D eigenvalue weighted by molar-refractivity contribution is 5.77. The Morgan fingerprint density at radius 3 is 3.07 bits per heavy atom. The fourth-order valence-electron chi connectivity index (χ4n) is 1.82. The quantitative estimate of drug-likeness (QED) is 0.723. The highest BCUT2D eigenvalue weighted by Gasteiger charge is 2.04. The van der Waals surface area contributed by atoms with Crippen LogP contribution >= 0.6 is 0 Å². The topological polar surface area (TPSA) is 17.8 Å². The lowest BCUT2D eigenvalue weighted by Crippen LogP contribution is -2.00. The van der Waals surface area contributed by atoms with Crippen molar-refractivity contribution in [2.75, 3.05) is 0 Å². The molecule has 2 nitrogen and oxygen atoms in total. The van der Waals surface area contributed by atoms with Crippen molar-refractivity contribution in [1.29, 1.82) is 0 Å². The fraction of sp³-hybridized carbons (Fsp3) is 0.417. The van der Waals surface area contributed by atoms with E-state index in [2.05, 4.69) is 35.5 Å². The van der Waals surface area contributed by atoms with E-state index in [1.165, 1.54) is 23.9 Å². The number of rotatable bonds is 3. The summed E-state index contributed by atoms with van der Waals surface area (Å²) in [5, 5.41) is 1.25. The van der Waals surface area contributed by atoms with E-state index in [-0.39, 0.29) is 0 Å². The van der Waals surface area contributed by atoms with E-state index in [1.54, 1.807) is 0 Å². The predicted molar refractivity (Wildman–Crippen MR) is 59.4 cm³/mol. The smallest absolute Gasteiger partial charge is 0.140 e. The van der Waals surface area contributed by atoms with Gasteiger partial charge in [-0.1, -0.05) is 13.3 Å². The first-order chi connectivity index (χ1) is 6.83. The summed E-state index contributed by atoms with van der Waals surface area (Å²) in [6, 6.07) is 6.32. The van der Waals surface area contributed by atoms with Crippen LogP contribution in [0.3, 0.4) is 0 Å². The average molecular weight is 188 g/mol.